The summed E-state index contributed by atoms with van der Waals surface area (Å²) in [6, 6.07) is 0.622. The number of hydrogen-bond acceptors (Lipinski definition) is 3. The van der Waals surface area contributed by atoms with Crippen molar-refractivity contribution in [3.05, 3.63) is 11.6 Å². The molecule has 2 fully saturated rings. The van der Waals surface area contributed by atoms with Gasteiger partial charge in [0.2, 0.25) is 0 Å². The van der Waals surface area contributed by atoms with Gasteiger partial charge < -0.3 is 9.88 Å². The van der Waals surface area contributed by atoms with Gasteiger partial charge in [-0.3, -0.25) is 0 Å². The van der Waals surface area contributed by atoms with E-state index in [0.29, 0.717) is 17.4 Å². The van der Waals surface area contributed by atoms with E-state index in [1.54, 1.807) is 0 Å². The van der Waals surface area contributed by atoms with Gasteiger partial charge in [-0.1, -0.05) is 26.7 Å². The molecule has 0 bridgehead atoms. The third-order valence-electron chi connectivity index (χ3n) is 5.23. The Labute approximate surface area is 116 Å². The molecular weight excluding hydrogens is 236 g/mol. The standard InChI is InChI=1S/C15H26N4/c1-15(2)9-5-8-12(15)16-10-13-17-18-14(19(13)3)11-6-4-7-11/h11-12,16H,4-10H2,1-3H3/t12-/m0/s1. The Morgan fingerprint density at radius 1 is 1.21 bits per heavy atom. The SMILES string of the molecule is Cn1c(CN[C@H]2CCCC2(C)C)nnc1C1CCC1. The lowest BCUT2D eigenvalue weighted by atomic mass is 9.85. The second-order valence-corrected chi connectivity index (χ2v) is 6.98. The maximum absolute atomic E-state index is 4.39. The summed E-state index contributed by atoms with van der Waals surface area (Å²) in [4.78, 5) is 0. The van der Waals surface area contributed by atoms with E-state index in [2.05, 4.69) is 41.0 Å². The molecule has 3 rings (SSSR count). The predicted octanol–water partition coefficient (Wildman–Crippen LogP) is 2.75. The summed E-state index contributed by atoms with van der Waals surface area (Å²) in [7, 11) is 2.12. The Morgan fingerprint density at radius 3 is 2.58 bits per heavy atom. The first-order chi connectivity index (χ1) is 9.08. The minimum absolute atomic E-state index is 0.426. The lowest BCUT2D eigenvalue weighted by molar-refractivity contribution is 0.280. The number of nitrogens with zero attached hydrogens (tertiary/aromatic N) is 3. The van der Waals surface area contributed by atoms with E-state index < -0.39 is 0 Å². The van der Waals surface area contributed by atoms with Crippen LogP contribution in [0, 0.1) is 5.41 Å². The summed E-state index contributed by atoms with van der Waals surface area (Å²) < 4.78 is 2.21. The van der Waals surface area contributed by atoms with E-state index in [4.69, 9.17) is 0 Å². The molecule has 4 heteroatoms. The second-order valence-electron chi connectivity index (χ2n) is 6.98. The molecule has 2 aliphatic carbocycles. The molecule has 1 atom stereocenters. The van der Waals surface area contributed by atoms with Crippen LogP contribution in [-0.2, 0) is 13.6 Å². The number of nitrogens with one attached hydrogen (secondary N) is 1. The van der Waals surface area contributed by atoms with Gasteiger partial charge in [0, 0.05) is 19.0 Å². The van der Waals surface area contributed by atoms with Crippen LogP contribution < -0.4 is 5.32 Å². The Hall–Kier alpha value is -0.900. The first-order valence-electron chi connectivity index (χ1n) is 7.69. The van der Waals surface area contributed by atoms with Crippen molar-refractivity contribution in [3.8, 4) is 0 Å². The van der Waals surface area contributed by atoms with Gasteiger partial charge in [-0.15, -0.1) is 10.2 Å². The van der Waals surface area contributed by atoms with Gasteiger partial charge in [0.15, 0.2) is 0 Å². The van der Waals surface area contributed by atoms with Crippen LogP contribution in [0.3, 0.4) is 0 Å². The fraction of sp³-hybridized carbons (Fsp3) is 0.867. The number of rotatable bonds is 4. The molecule has 0 aliphatic heterocycles. The monoisotopic (exact) mass is 262 g/mol. The molecule has 0 amide bonds. The van der Waals surface area contributed by atoms with Gasteiger partial charge >= 0.3 is 0 Å². The molecule has 4 nitrogen and oxygen atoms in total. The van der Waals surface area contributed by atoms with Crippen LogP contribution in [0.4, 0.5) is 0 Å². The topological polar surface area (TPSA) is 42.7 Å². The quantitative estimate of drug-likeness (QED) is 0.907. The van der Waals surface area contributed by atoms with Crippen LogP contribution in [0.25, 0.3) is 0 Å². The molecule has 1 N–H and O–H groups in total. The highest BCUT2D eigenvalue weighted by Crippen LogP contribution is 2.37. The highest BCUT2D eigenvalue weighted by molar-refractivity contribution is 5.05. The van der Waals surface area contributed by atoms with Crippen LogP contribution in [0.2, 0.25) is 0 Å². The summed E-state index contributed by atoms with van der Waals surface area (Å²) in [5.41, 5.74) is 0.426. The van der Waals surface area contributed by atoms with E-state index in [9.17, 15) is 0 Å². The van der Waals surface area contributed by atoms with Crippen LogP contribution in [0.1, 0.15) is 69.9 Å². The zero-order valence-electron chi connectivity index (χ0n) is 12.4. The summed E-state index contributed by atoms with van der Waals surface area (Å²) in [5, 5.41) is 12.5. The lowest BCUT2D eigenvalue weighted by Gasteiger charge is -2.28. The molecule has 106 valence electrons. The zero-order chi connectivity index (χ0) is 13.5. The molecule has 0 saturated heterocycles. The molecule has 0 aromatic carbocycles. The van der Waals surface area contributed by atoms with Crippen molar-refractivity contribution in [3.63, 3.8) is 0 Å². The minimum atomic E-state index is 0.426. The van der Waals surface area contributed by atoms with E-state index in [-0.39, 0.29) is 0 Å². The maximum Gasteiger partial charge on any atom is 0.146 e. The van der Waals surface area contributed by atoms with Gasteiger partial charge in [0.1, 0.15) is 11.6 Å². The molecule has 1 aromatic rings. The van der Waals surface area contributed by atoms with Crippen LogP contribution in [0.5, 0.6) is 0 Å². The average molecular weight is 262 g/mol. The van der Waals surface area contributed by atoms with Crippen molar-refractivity contribution in [2.45, 2.75) is 70.9 Å². The van der Waals surface area contributed by atoms with E-state index in [1.807, 2.05) is 0 Å². The fourth-order valence-corrected chi connectivity index (χ4v) is 3.47. The first kappa shape index (κ1) is 13.1. The van der Waals surface area contributed by atoms with Gasteiger partial charge in [-0.05, 0) is 31.1 Å². The van der Waals surface area contributed by atoms with Crippen molar-refractivity contribution in [1.82, 2.24) is 20.1 Å². The maximum atomic E-state index is 4.39. The highest BCUT2D eigenvalue weighted by Gasteiger charge is 2.34. The molecule has 2 saturated carbocycles. The van der Waals surface area contributed by atoms with Crippen LogP contribution >= 0.6 is 0 Å². The largest absolute Gasteiger partial charge is 0.317 e. The molecule has 1 heterocycles. The smallest absolute Gasteiger partial charge is 0.146 e. The normalized spacial score (nSPS) is 26.6. The molecule has 0 radical (unpaired) electrons. The van der Waals surface area contributed by atoms with Gasteiger partial charge in [-0.2, -0.15) is 0 Å². The number of aromatic nitrogens is 3. The van der Waals surface area contributed by atoms with Crippen LogP contribution in [0.15, 0.2) is 0 Å². The van der Waals surface area contributed by atoms with Crippen molar-refractivity contribution in [2.24, 2.45) is 12.5 Å². The van der Waals surface area contributed by atoms with E-state index in [1.165, 1.54) is 44.3 Å². The summed E-state index contributed by atoms with van der Waals surface area (Å²) >= 11 is 0. The molecule has 19 heavy (non-hydrogen) atoms. The van der Waals surface area contributed by atoms with Gasteiger partial charge in [0.05, 0.1) is 6.54 Å². The lowest BCUT2D eigenvalue weighted by Crippen LogP contribution is -2.37. The van der Waals surface area contributed by atoms with Crippen molar-refractivity contribution < 1.29 is 0 Å². The van der Waals surface area contributed by atoms with Gasteiger partial charge in [0.25, 0.3) is 0 Å². The molecule has 1 aromatic heterocycles. The van der Waals surface area contributed by atoms with Crippen LogP contribution in [-0.4, -0.2) is 20.8 Å². The summed E-state index contributed by atoms with van der Waals surface area (Å²) in [5.74, 6) is 2.94. The fourth-order valence-electron chi connectivity index (χ4n) is 3.47. The minimum Gasteiger partial charge on any atom is -0.317 e. The second kappa shape index (κ2) is 4.89. The zero-order valence-corrected chi connectivity index (χ0v) is 12.4. The van der Waals surface area contributed by atoms with E-state index in [0.717, 1.165) is 12.4 Å². The Balaban J connectivity index is 1.62. The van der Waals surface area contributed by atoms with Gasteiger partial charge in [-0.25, -0.2) is 0 Å². The summed E-state index contributed by atoms with van der Waals surface area (Å²) in [6.45, 7) is 5.59. The van der Waals surface area contributed by atoms with Crippen molar-refractivity contribution in [2.75, 3.05) is 0 Å². The highest BCUT2D eigenvalue weighted by atomic mass is 15.3. The summed E-state index contributed by atoms with van der Waals surface area (Å²) in [6.07, 6.45) is 7.89. The molecule has 0 spiro atoms. The Bertz CT molecular complexity index is 445. The van der Waals surface area contributed by atoms with Crippen molar-refractivity contribution in [1.29, 1.82) is 0 Å². The third kappa shape index (κ3) is 2.42. The average Bonchev–Trinajstić information content (AvgIpc) is 2.79. The third-order valence-corrected chi connectivity index (χ3v) is 5.23. The molecule has 2 aliphatic rings. The number of hydrogen-bond donors (Lipinski definition) is 1. The predicted molar refractivity (Wildman–Crippen MR) is 75.9 cm³/mol. The molecule has 0 unspecified atom stereocenters. The van der Waals surface area contributed by atoms with Crippen molar-refractivity contribution >= 4 is 0 Å². The van der Waals surface area contributed by atoms with E-state index >= 15 is 0 Å². The Kier molecular flexibility index (Phi) is 3.37. The Morgan fingerprint density at radius 2 is 2.00 bits per heavy atom. The molecular formula is C15H26N4. The first-order valence-corrected chi connectivity index (χ1v) is 7.69.